The van der Waals surface area contributed by atoms with E-state index in [1.807, 2.05) is 0 Å². The van der Waals surface area contributed by atoms with Gasteiger partial charge < -0.3 is 4.90 Å². The van der Waals surface area contributed by atoms with Gasteiger partial charge in [0.05, 0.1) is 23.7 Å². The molecule has 3 rings (SSSR count). The van der Waals surface area contributed by atoms with Crippen LogP contribution in [0.25, 0.3) is 10.9 Å². The summed E-state index contributed by atoms with van der Waals surface area (Å²) in [6.45, 7) is -1.33. The van der Waals surface area contributed by atoms with Gasteiger partial charge in [-0.25, -0.2) is 0 Å². The highest BCUT2D eigenvalue weighted by Gasteiger charge is 2.33. The summed E-state index contributed by atoms with van der Waals surface area (Å²) >= 11 is 9.20. The summed E-state index contributed by atoms with van der Waals surface area (Å²) in [4.78, 5) is 8.86. The molecule has 0 aliphatic carbocycles. The molecule has 0 amide bonds. The lowest BCUT2D eigenvalue weighted by molar-refractivity contribution is -0.118. The third-order valence-corrected chi connectivity index (χ3v) is 4.29. The second-order valence-corrected chi connectivity index (χ2v) is 6.83. The van der Waals surface area contributed by atoms with Crippen LogP contribution in [0.15, 0.2) is 41.1 Å². The number of benzene rings is 1. The van der Waals surface area contributed by atoms with E-state index in [4.69, 9.17) is 22.4 Å². The first kappa shape index (κ1) is 19.3. The van der Waals surface area contributed by atoms with Crippen molar-refractivity contribution in [2.24, 2.45) is 0 Å². The minimum atomic E-state index is -4.53. The van der Waals surface area contributed by atoms with Crippen molar-refractivity contribution in [1.29, 1.82) is 10.8 Å². The number of rotatable bonds is 4. The fraction of sp³-hybridized carbons (Fsp3) is 0.125. The number of hydrogen-bond acceptors (Lipinski definition) is 5. The quantitative estimate of drug-likeness (QED) is 0.446. The lowest BCUT2D eigenvalue weighted by Crippen LogP contribution is -2.34. The molecule has 11 heteroatoms. The van der Waals surface area contributed by atoms with Crippen molar-refractivity contribution in [3.8, 4) is 0 Å². The Morgan fingerprint density at radius 1 is 1.26 bits per heavy atom. The van der Waals surface area contributed by atoms with Gasteiger partial charge in [-0.2, -0.15) is 18.2 Å². The first-order chi connectivity index (χ1) is 12.7. The molecule has 3 aromatic rings. The van der Waals surface area contributed by atoms with Crippen molar-refractivity contribution in [3.05, 3.63) is 51.8 Å². The van der Waals surface area contributed by atoms with Crippen LogP contribution < -0.4 is 10.5 Å². The van der Waals surface area contributed by atoms with E-state index in [9.17, 15) is 13.2 Å². The van der Waals surface area contributed by atoms with Crippen molar-refractivity contribution >= 4 is 56.3 Å². The number of nitrogens with one attached hydrogen (secondary N) is 2. The highest BCUT2D eigenvalue weighted by molar-refractivity contribution is 9.10. The van der Waals surface area contributed by atoms with Crippen LogP contribution in [0.3, 0.4) is 0 Å². The summed E-state index contributed by atoms with van der Waals surface area (Å²) in [7, 11) is 0. The number of anilines is 2. The van der Waals surface area contributed by atoms with E-state index in [0.717, 1.165) is 15.8 Å². The maximum Gasteiger partial charge on any atom is 0.406 e. The molecule has 140 valence electrons. The van der Waals surface area contributed by atoms with E-state index in [0.29, 0.717) is 20.4 Å². The lowest BCUT2D eigenvalue weighted by Gasteiger charge is -2.26. The molecule has 0 spiro atoms. The molecule has 2 N–H and O–H groups in total. The highest BCUT2D eigenvalue weighted by Crippen LogP contribution is 2.34. The highest BCUT2D eigenvalue weighted by atomic mass is 79.9. The largest absolute Gasteiger partial charge is 0.406 e. The van der Waals surface area contributed by atoms with Crippen molar-refractivity contribution in [2.75, 3.05) is 11.4 Å². The fourth-order valence-electron chi connectivity index (χ4n) is 2.57. The fourth-order valence-corrected chi connectivity index (χ4v) is 3.09. The predicted molar refractivity (Wildman–Crippen MR) is 99.8 cm³/mol. The number of halogens is 5. The van der Waals surface area contributed by atoms with Crippen LogP contribution in [-0.4, -0.2) is 33.6 Å². The van der Waals surface area contributed by atoms with Crippen molar-refractivity contribution < 1.29 is 13.2 Å². The van der Waals surface area contributed by atoms with Crippen LogP contribution in [0.1, 0.15) is 0 Å². The molecule has 1 aromatic carbocycles. The van der Waals surface area contributed by atoms with Gasteiger partial charge in [0.1, 0.15) is 12.4 Å². The Morgan fingerprint density at radius 2 is 2.00 bits per heavy atom. The molecule has 6 nitrogen and oxygen atoms in total. The van der Waals surface area contributed by atoms with E-state index in [1.54, 1.807) is 0 Å². The van der Waals surface area contributed by atoms with Gasteiger partial charge in [0, 0.05) is 21.1 Å². The summed E-state index contributed by atoms with van der Waals surface area (Å²) in [5, 5.41) is 16.1. The van der Waals surface area contributed by atoms with Gasteiger partial charge >= 0.3 is 6.18 Å². The van der Waals surface area contributed by atoms with Crippen molar-refractivity contribution in [1.82, 2.24) is 14.5 Å². The topological polar surface area (TPSA) is 81.7 Å². The molecule has 0 atom stereocenters. The number of fused-ring (bicyclic) bond motifs is 1. The first-order valence-electron chi connectivity index (χ1n) is 7.41. The minimum absolute atomic E-state index is 0.0815. The molecule has 0 saturated carbocycles. The summed E-state index contributed by atoms with van der Waals surface area (Å²) in [6, 6.07) is 5.96. The van der Waals surface area contributed by atoms with E-state index in [-0.39, 0.29) is 11.5 Å². The van der Waals surface area contributed by atoms with E-state index >= 15 is 0 Å². The Kier molecular flexibility index (Phi) is 5.20. The van der Waals surface area contributed by atoms with E-state index < -0.39 is 18.3 Å². The lowest BCUT2D eigenvalue weighted by atomic mass is 10.2. The molecule has 0 unspecified atom stereocenters. The molecule has 0 radical (unpaired) electrons. The zero-order chi connectivity index (χ0) is 19.8. The van der Waals surface area contributed by atoms with Gasteiger partial charge in [-0.3, -0.25) is 20.4 Å². The molecule has 0 aliphatic heterocycles. The van der Waals surface area contributed by atoms with Crippen molar-refractivity contribution in [2.45, 2.75) is 6.18 Å². The zero-order valence-electron chi connectivity index (χ0n) is 13.4. The molecular weight excluding hydrogens is 449 g/mol. The summed E-state index contributed by atoms with van der Waals surface area (Å²) < 4.78 is 41.4. The Hall–Kier alpha value is -2.46. The average Bonchev–Trinajstić information content (AvgIpc) is 2.58. The van der Waals surface area contributed by atoms with Crippen LogP contribution in [0.2, 0.25) is 5.02 Å². The van der Waals surface area contributed by atoms with Crippen LogP contribution in [0, 0.1) is 10.8 Å². The Bertz CT molecular complexity index is 1080. The third-order valence-electron chi connectivity index (χ3n) is 3.62. The van der Waals surface area contributed by atoms with Crippen LogP contribution in [0.5, 0.6) is 0 Å². The predicted octanol–water partition coefficient (Wildman–Crippen LogP) is 4.48. The Morgan fingerprint density at radius 3 is 2.63 bits per heavy atom. The molecule has 0 bridgehead atoms. The van der Waals surface area contributed by atoms with Gasteiger partial charge in [-0.05, 0) is 40.2 Å². The number of aromatic nitrogens is 3. The number of pyridine rings is 1. The maximum absolute atomic E-state index is 13.3. The normalized spacial score (nSPS) is 11.6. The second kappa shape index (κ2) is 7.28. The average molecular weight is 460 g/mol. The molecule has 2 aromatic heterocycles. The van der Waals surface area contributed by atoms with Crippen LogP contribution in [0.4, 0.5) is 24.7 Å². The zero-order valence-corrected chi connectivity index (χ0v) is 15.8. The van der Waals surface area contributed by atoms with Crippen LogP contribution in [-0.2, 0) is 0 Å². The van der Waals surface area contributed by atoms with Gasteiger partial charge in [0.25, 0.3) is 0 Å². The van der Waals surface area contributed by atoms with Crippen LogP contribution >= 0.6 is 27.5 Å². The Balaban J connectivity index is 2.34. The first-order valence-corrected chi connectivity index (χ1v) is 8.58. The monoisotopic (exact) mass is 458 g/mol. The number of nitrogens with zero attached hydrogens (tertiary/aromatic N) is 4. The van der Waals surface area contributed by atoms with Gasteiger partial charge in [-0.15, -0.1) is 0 Å². The summed E-state index contributed by atoms with van der Waals surface area (Å²) in [5.74, 6) is -0.0815. The van der Waals surface area contributed by atoms with E-state index in [2.05, 4.69) is 25.9 Å². The van der Waals surface area contributed by atoms with Gasteiger partial charge in [-0.1, -0.05) is 11.6 Å². The second-order valence-electron chi connectivity index (χ2n) is 5.48. The smallest absolute Gasteiger partial charge is 0.315 e. The number of hydrogen-bond donors (Lipinski definition) is 2. The Labute approximate surface area is 164 Å². The van der Waals surface area contributed by atoms with E-state index in [1.165, 1.54) is 36.7 Å². The molecule has 0 fully saturated rings. The molecular formula is C16H11BrClF3N6. The third kappa shape index (κ3) is 4.11. The standard InChI is InChI=1S/C16H11BrClF3N6/c17-9-3-11(6-24-5-9)26(7-16(19,20)21)14-12-2-1-10(18)4-13(12)27(8-22)15(23)25-14/h1-6,8,22-23H,7H2. The van der Waals surface area contributed by atoms with Crippen molar-refractivity contribution in [3.63, 3.8) is 0 Å². The molecule has 2 heterocycles. The minimum Gasteiger partial charge on any atom is -0.315 e. The summed E-state index contributed by atoms with van der Waals surface area (Å²) in [5.41, 5.74) is 0.0463. The molecule has 27 heavy (non-hydrogen) atoms. The molecule has 0 aliphatic rings. The van der Waals surface area contributed by atoms with Gasteiger partial charge in [0.15, 0.2) is 0 Å². The van der Waals surface area contributed by atoms with Gasteiger partial charge in [0.2, 0.25) is 5.62 Å². The SMILES string of the molecule is N=Cn1c(=N)nc(N(CC(F)(F)F)c2cncc(Br)c2)c2ccc(Cl)cc21. The summed E-state index contributed by atoms with van der Waals surface area (Å²) in [6.07, 6.45) is -0.948. The molecule has 0 saturated heterocycles. The maximum atomic E-state index is 13.3. The number of alkyl halides is 3.